The molecule has 0 radical (unpaired) electrons. The summed E-state index contributed by atoms with van der Waals surface area (Å²) in [5, 5.41) is 16.3. The van der Waals surface area contributed by atoms with Crippen molar-refractivity contribution in [1.29, 1.82) is 5.26 Å². The molecular formula is C21H22ClFN6O2. The zero-order chi connectivity index (χ0) is 22.4. The summed E-state index contributed by atoms with van der Waals surface area (Å²) in [5.41, 5.74) is 1.16. The fraction of sp³-hybridized carbons (Fsp3) is 0.333. The molecule has 0 aliphatic rings. The third-order valence-electron chi connectivity index (χ3n) is 4.49. The number of benzene rings is 1. The van der Waals surface area contributed by atoms with E-state index in [4.69, 9.17) is 21.6 Å². The fourth-order valence-electron chi connectivity index (χ4n) is 2.99. The van der Waals surface area contributed by atoms with Crippen molar-refractivity contribution in [2.75, 3.05) is 13.2 Å². The molecule has 10 heteroatoms. The molecule has 31 heavy (non-hydrogen) atoms. The number of nitrogens with zero attached hydrogens (tertiary/aromatic N) is 4. The number of aromatic nitrogens is 4. The van der Waals surface area contributed by atoms with Crippen molar-refractivity contribution in [2.45, 2.75) is 32.9 Å². The number of H-pyrrole nitrogens is 1. The van der Waals surface area contributed by atoms with Crippen molar-refractivity contribution in [3.8, 4) is 17.3 Å². The third kappa shape index (κ3) is 5.69. The molecule has 0 unspecified atom stereocenters. The van der Waals surface area contributed by atoms with Gasteiger partial charge in [-0.1, -0.05) is 11.6 Å². The average molecular weight is 445 g/mol. The molecule has 0 aliphatic heterocycles. The van der Waals surface area contributed by atoms with Crippen LogP contribution in [-0.4, -0.2) is 44.9 Å². The van der Waals surface area contributed by atoms with Crippen LogP contribution < -0.4 is 5.32 Å². The van der Waals surface area contributed by atoms with Crippen LogP contribution in [0.25, 0.3) is 11.3 Å². The lowest BCUT2D eigenvalue weighted by atomic mass is 10.1. The Bertz CT molecular complexity index is 1080. The van der Waals surface area contributed by atoms with Gasteiger partial charge < -0.3 is 15.0 Å². The van der Waals surface area contributed by atoms with Crippen molar-refractivity contribution in [2.24, 2.45) is 0 Å². The molecule has 0 saturated heterocycles. The van der Waals surface area contributed by atoms with Gasteiger partial charge in [0.2, 0.25) is 0 Å². The zero-order valence-electron chi connectivity index (χ0n) is 17.2. The molecule has 0 fully saturated rings. The van der Waals surface area contributed by atoms with Crippen molar-refractivity contribution in [1.82, 2.24) is 25.1 Å². The molecule has 1 atom stereocenters. The number of rotatable bonds is 9. The SMILES string of the molecule is CCOCCc1ncc(C(=O)N[C@@H](C)Cn2ccc(-c3cc(F)c(C#N)c(Cl)c3)n2)[nH]1. The van der Waals surface area contributed by atoms with Crippen LogP contribution in [0.15, 0.2) is 30.6 Å². The quantitative estimate of drug-likeness (QED) is 0.492. The Balaban J connectivity index is 1.59. The number of halogens is 2. The van der Waals surface area contributed by atoms with Gasteiger partial charge >= 0.3 is 0 Å². The Kier molecular flexibility index (Phi) is 7.39. The summed E-state index contributed by atoms with van der Waals surface area (Å²) in [4.78, 5) is 19.6. The predicted octanol–water partition coefficient (Wildman–Crippen LogP) is 3.33. The van der Waals surface area contributed by atoms with Gasteiger partial charge in [0, 0.05) is 30.8 Å². The van der Waals surface area contributed by atoms with E-state index in [0.29, 0.717) is 49.0 Å². The van der Waals surface area contributed by atoms with Crippen molar-refractivity contribution < 1.29 is 13.9 Å². The molecule has 0 aliphatic carbocycles. The van der Waals surface area contributed by atoms with E-state index in [1.54, 1.807) is 23.0 Å². The fourth-order valence-corrected chi connectivity index (χ4v) is 3.24. The van der Waals surface area contributed by atoms with Crippen LogP contribution in [0.1, 0.15) is 35.7 Å². The van der Waals surface area contributed by atoms with Crippen LogP contribution in [0, 0.1) is 17.1 Å². The van der Waals surface area contributed by atoms with E-state index in [1.807, 2.05) is 13.8 Å². The van der Waals surface area contributed by atoms with Gasteiger partial charge in [-0.3, -0.25) is 9.48 Å². The van der Waals surface area contributed by atoms with E-state index >= 15 is 0 Å². The van der Waals surface area contributed by atoms with Crippen molar-refractivity contribution in [3.63, 3.8) is 0 Å². The summed E-state index contributed by atoms with van der Waals surface area (Å²) in [6, 6.07) is 5.95. The molecule has 1 aromatic carbocycles. The highest BCUT2D eigenvalue weighted by molar-refractivity contribution is 6.32. The molecule has 2 aromatic heterocycles. The first-order chi connectivity index (χ1) is 14.9. The lowest BCUT2D eigenvalue weighted by Gasteiger charge is -2.13. The van der Waals surface area contributed by atoms with Gasteiger partial charge in [0.25, 0.3) is 5.91 Å². The van der Waals surface area contributed by atoms with Gasteiger partial charge in [-0.05, 0) is 32.0 Å². The van der Waals surface area contributed by atoms with Gasteiger partial charge in [-0.15, -0.1) is 0 Å². The normalized spacial score (nSPS) is 11.8. The van der Waals surface area contributed by atoms with Crippen LogP contribution in [-0.2, 0) is 17.7 Å². The van der Waals surface area contributed by atoms with E-state index in [9.17, 15) is 9.18 Å². The molecular weight excluding hydrogens is 423 g/mol. The highest BCUT2D eigenvalue weighted by atomic mass is 35.5. The van der Waals surface area contributed by atoms with Gasteiger partial charge in [0.15, 0.2) is 0 Å². The molecule has 3 aromatic rings. The van der Waals surface area contributed by atoms with Crippen molar-refractivity contribution >= 4 is 17.5 Å². The van der Waals surface area contributed by atoms with Crippen LogP contribution in [0.2, 0.25) is 5.02 Å². The summed E-state index contributed by atoms with van der Waals surface area (Å²) < 4.78 is 20.9. The second kappa shape index (κ2) is 10.2. The minimum Gasteiger partial charge on any atom is -0.381 e. The van der Waals surface area contributed by atoms with E-state index in [0.717, 1.165) is 0 Å². The van der Waals surface area contributed by atoms with Crippen LogP contribution in [0.5, 0.6) is 0 Å². The van der Waals surface area contributed by atoms with Crippen LogP contribution in [0.3, 0.4) is 0 Å². The summed E-state index contributed by atoms with van der Waals surface area (Å²) in [5.74, 6) is -0.271. The Labute approximate surface area is 184 Å². The van der Waals surface area contributed by atoms with E-state index < -0.39 is 5.82 Å². The van der Waals surface area contributed by atoms with E-state index in [2.05, 4.69) is 20.4 Å². The van der Waals surface area contributed by atoms with Gasteiger partial charge in [0.05, 0.1) is 30.1 Å². The number of nitriles is 1. The number of imidazole rings is 1. The number of hydrogen-bond donors (Lipinski definition) is 2. The highest BCUT2D eigenvalue weighted by Crippen LogP contribution is 2.26. The van der Waals surface area contributed by atoms with Gasteiger partial charge in [-0.25, -0.2) is 9.37 Å². The lowest BCUT2D eigenvalue weighted by molar-refractivity contribution is 0.0931. The van der Waals surface area contributed by atoms with Crippen molar-refractivity contribution in [3.05, 3.63) is 58.5 Å². The maximum absolute atomic E-state index is 14.0. The Morgan fingerprint density at radius 2 is 2.29 bits per heavy atom. The van der Waals surface area contributed by atoms with E-state index in [1.165, 1.54) is 18.3 Å². The summed E-state index contributed by atoms with van der Waals surface area (Å²) in [6.07, 6.45) is 3.83. The number of carbonyl (C=O) groups is 1. The number of hydrogen-bond acceptors (Lipinski definition) is 5. The monoisotopic (exact) mass is 444 g/mol. The zero-order valence-corrected chi connectivity index (χ0v) is 17.9. The summed E-state index contributed by atoms with van der Waals surface area (Å²) >= 11 is 5.97. The van der Waals surface area contributed by atoms with Gasteiger partial charge in [0.1, 0.15) is 29.0 Å². The second-order valence-electron chi connectivity index (χ2n) is 6.91. The predicted molar refractivity (Wildman–Crippen MR) is 113 cm³/mol. The molecule has 2 heterocycles. The largest absolute Gasteiger partial charge is 0.381 e. The summed E-state index contributed by atoms with van der Waals surface area (Å²) in [7, 11) is 0. The molecule has 0 bridgehead atoms. The Morgan fingerprint density at radius 3 is 3.00 bits per heavy atom. The summed E-state index contributed by atoms with van der Waals surface area (Å²) in [6.45, 7) is 5.35. The first-order valence-electron chi connectivity index (χ1n) is 9.76. The number of carbonyl (C=O) groups excluding carboxylic acids is 1. The minimum absolute atomic E-state index is 0.0351. The minimum atomic E-state index is -0.694. The highest BCUT2D eigenvalue weighted by Gasteiger charge is 2.15. The number of nitrogens with one attached hydrogen (secondary N) is 2. The molecule has 2 N–H and O–H groups in total. The number of ether oxygens (including phenoxy) is 1. The molecule has 1 amide bonds. The first-order valence-corrected chi connectivity index (χ1v) is 10.1. The third-order valence-corrected chi connectivity index (χ3v) is 4.79. The van der Waals surface area contributed by atoms with Crippen LogP contribution in [0.4, 0.5) is 4.39 Å². The maximum Gasteiger partial charge on any atom is 0.269 e. The Hall–Kier alpha value is -3.22. The average Bonchev–Trinajstić information content (AvgIpc) is 3.38. The van der Waals surface area contributed by atoms with Crippen LogP contribution >= 0.6 is 11.6 Å². The maximum atomic E-state index is 14.0. The van der Waals surface area contributed by atoms with E-state index in [-0.39, 0.29) is 22.5 Å². The molecule has 0 saturated carbocycles. The Morgan fingerprint density at radius 1 is 1.48 bits per heavy atom. The number of amides is 1. The second-order valence-corrected chi connectivity index (χ2v) is 7.32. The standard InChI is InChI=1S/C21H22ClFN6O2/c1-3-31-7-5-20-25-11-19(27-20)21(30)26-13(2)12-29-6-4-18(28-29)14-8-16(22)15(10-24)17(23)9-14/h4,6,8-9,11,13H,3,5,7,12H2,1-2H3,(H,25,27)(H,26,30)/t13-/m0/s1. The topological polar surface area (TPSA) is 109 Å². The lowest BCUT2D eigenvalue weighted by Crippen LogP contribution is -2.36. The molecule has 162 valence electrons. The molecule has 0 spiro atoms. The van der Waals surface area contributed by atoms with Gasteiger partial charge in [-0.2, -0.15) is 10.4 Å². The smallest absolute Gasteiger partial charge is 0.269 e. The molecule has 8 nitrogen and oxygen atoms in total. The molecule has 3 rings (SSSR count). The number of aromatic amines is 1. The first kappa shape index (κ1) is 22.5.